The summed E-state index contributed by atoms with van der Waals surface area (Å²) in [5.41, 5.74) is 29.3. The van der Waals surface area contributed by atoms with Crippen LogP contribution in [-0.2, 0) is 49.6 Å². The van der Waals surface area contributed by atoms with Crippen molar-refractivity contribution >= 4 is 63.8 Å². The van der Waals surface area contributed by atoms with E-state index >= 15 is 0 Å². The van der Waals surface area contributed by atoms with Crippen molar-refractivity contribution < 1.29 is 43.2 Å². The number of esters is 1. The first-order valence-corrected chi connectivity index (χ1v) is 19.9. The number of carbonyl (C=O) groups excluding carboxylic acids is 6. The molecule has 1 aliphatic heterocycles. The molecule has 4 amide bonds. The van der Waals surface area contributed by atoms with E-state index in [1.165, 1.54) is 7.11 Å². The number of carbonyl (C=O) groups is 6. The summed E-state index contributed by atoms with van der Waals surface area (Å²) in [6.45, 7) is 0.208. The first-order valence-electron chi connectivity index (χ1n) is 19.9. The second kappa shape index (κ2) is 26.4. The molecule has 4 rings (SSSR count). The Morgan fingerprint density at radius 2 is 1.37 bits per heavy atom. The number of nitrogens with one attached hydrogen (secondary N) is 4. The van der Waals surface area contributed by atoms with Crippen molar-refractivity contribution in [1.29, 1.82) is 0 Å². The van der Waals surface area contributed by atoms with Crippen LogP contribution in [0.25, 0.3) is 16.5 Å². The third-order valence-electron chi connectivity index (χ3n) is 9.68. The normalized spacial score (nSPS) is 13.3. The minimum absolute atomic E-state index is 0.0460. The summed E-state index contributed by atoms with van der Waals surface area (Å²) in [5.74, 6) is 5.93. The van der Waals surface area contributed by atoms with Gasteiger partial charge in [0, 0.05) is 60.6 Å². The van der Waals surface area contributed by atoms with Gasteiger partial charge in [-0.1, -0.05) is 36.4 Å². The predicted molar refractivity (Wildman–Crippen MR) is 232 cm³/mol. The van der Waals surface area contributed by atoms with Crippen LogP contribution in [0.1, 0.15) is 44.1 Å². The van der Waals surface area contributed by atoms with Crippen molar-refractivity contribution in [3.8, 4) is 0 Å². The quantitative estimate of drug-likeness (QED) is 0.0128. The van der Waals surface area contributed by atoms with Crippen molar-refractivity contribution in [2.24, 2.45) is 61.4 Å². The molecular formula is C40H58N14O9. The van der Waals surface area contributed by atoms with Gasteiger partial charge in [0.1, 0.15) is 25.3 Å². The van der Waals surface area contributed by atoms with E-state index in [4.69, 9.17) is 45.2 Å². The van der Waals surface area contributed by atoms with E-state index in [0.717, 1.165) is 32.6 Å². The molecule has 0 bridgehead atoms. The Morgan fingerprint density at radius 1 is 0.762 bits per heavy atom. The zero-order valence-electron chi connectivity index (χ0n) is 35.0. The number of aromatic nitrogens is 1. The summed E-state index contributed by atoms with van der Waals surface area (Å²) in [6, 6.07) is 12.4. The van der Waals surface area contributed by atoms with Crippen molar-refractivity contribution in [2.75, 3.05) is 40.0 Å². The standard InChI is InChI=1S/C20H29N7O5.C20H29N7O4/c1-31-19(30)15(7-4-8-24-20(21)22)27-18(29)16(26-17(28)11-32-23)9-12-10-25-14-6-3-2-5-13(12)14;21-19(30)12(4-3-7-25-20(22)23)9-17(28)16(27-18(29)11-31-24)8-13-10-26-15-6-2-1-5-14(13)15/h2-3,5-6,15-16H,4,7-11,23H2,1H3,(H,26,28)(H,27,29)(H4,21,22,24);1-2,5-6,10,12,16,26H,3-4,7-9,11,24H2,(H2,21,30)(H,27,29)(H4,22,23,25)/t15-,16-;/m0./s1. The second-order valence-electron chi connectivity index (χ2n) is 14.3. The highest BCUT2D eigenvalue weighted by Crippen LogP contribution is 2.21. The number of para-hydroxylation sites is 2. The lowest BCUT2D eigenvalue weighted by atomic mass is 9.91. The Bertz CT molecular complexity index is 2220. The fraction of sp³-hybridized carbons (Fsp3) is 0.425. The summed E-state index contributed by atoms with van der Waals surface area (Å²) in [5, 5.41) is 10.5. The molecule has 4 atom stereocenters. The molecule has 63 heavy (non-hydrogen) atoms. The van der Waals surface area contributed by atoms with Crippen LogP contribution in [0.15, 0.2) is 69.7 Å². The van der Waals surface area contributed by atoms with Gasteiger partial charge in [0.25, 0.3) is 0 Å². The number of nitrogens with two attached hydrogens (primary N) is 7. The molecule has 23 heteroatoms. The van der Waals surface area contributed by atoms with Crippen LogP contribution < -0.4 is 67.0 Å². The highest BCUT2D eigenvalue weighted by atomic mass is 16.6. The largest absolute Gasteiger partial charge is 0.467 e. The molecule has 2 aromatic carbocycles. The Balaban J connectivity index is 0.000000335. The van der Waals surface area contributed by atoms with Crippen LogP contribution in [0, 0.1) is 5.92 Å². The van der Waals surface area contributed by atoms with Gasteiger partial charge in [0.2, 0.25) is 23.6 Å². The number of amides is 4. The highest BCUT2D eigenvalue weighted by molar-refractivity contribution is 5.94. The number of ether oxygens (including phenoxy) is 1. The fourth-order valence-electron chi connectivity index (χ4n) is 6.64. The van der Waals surface area contributed by atoms with Gasteiger partial charge in [0.15, 0.2) is 17.7 Å². The maximum Gasteiger partial charge on any atom is 0.328 e. The molecule has 342 valence electrons. The molecule has 0 saturated carbocycles. The third-order valence-corrected chi connectivity index (χ3v) is 9.68. The topological polar surface area (TPSA) is 401 Å². The fourth-order valence-corrected chi connectivity index (χ4v) is 6.64. The summed E-state index contributed by atoms with van der Waals surface area (Å²) < 4.78 is 4.79. The Kier molecular flexibility index (Phi) is 21.1. The van der Waals surface area contributed by atoms with Gasteiger partial charge >= 0.3 is 5.97 Å². The van der Waals surface area contributed by atoms with E-state index < -0.39 is 66.9 Å². The van der Waals surface area contributed by atoms with Crippen LogP contribution in [0.2, 0.25) is 0 Å². The smallest absolute Gasteiger partial charge is 0.328 e. The molecular weight excluding hydrogens is 821 g/mol. The number of hydrogen-bond donors (Lipinski definition) is 11. The highest BCUT2D eigenvalue weighted by Gasteiger charge is 2.29. The van der Waals surface area contributed by atoms with E-state index in [1.54, 1.807) is 6.20 Å². The molecule has 0 fully saturated rings. The monoisotopic (exact) mass is 878 g/mol. The first-order chi connectivity index (χ1) is 30.2. The van der Waals surface area contributed by atoms with Crippen LogP contribution in [0.4, 0.5) is 0 Å². The van der Waals surface area contributed by atoms with Gasteiger partial charge in [-0.2, -0.15) is 0 Å². The molecule has 2 heterocycles. The Morgan fingerprint density at radius 3 is 1.98 bits per heavy atom. The lowest BCUT2D eigenvalue weighted by Gasteiger charge is -2.22. The summed E-state index contributed by atoms with van der Waals surface area (Å²) in [7, 11) is 1.22. The maximum absolute atomic E-state index is 13.0. The number of Topliss-reactive ketones (excluding diaryl/α,β-unsaturated/α-hetero) is 1. The number of rotatable bonds is 25. The Labute approximate surface area is 362 Å². The number of ketones is 1. The summed E-state index contributed by atoms with van der Waals surface area (Å²) in [4.78, 5) is 98.2. The SMILES string of the molecule is COC(=O)[C@H](CCCN=C(N)N)NC(=O)[C@H](CC1=c2ccccc2=NC1)NC(=O)CON.NOCC(=O)NC(Cc1c[nH]c2ccccc12)C(=O)CC(CCCN=C(N)N)C(N)=O. The van der Waals surface area contributed by atoms with Crippen LogP contribution in [0.5, 0.6) is 0 Å². The van der Waals surface area contributed by atoms with E-state index in [0.29, 0.717) is 32.4 Å². The number of nitrogens with zero attached hydrogens (tertiary/aromatic N) is 3. The third kappa shape index (κ3) is 17.1. The summed E-state index contributed by atoms with van der Waals surface area (Å²) >= 11 is 0. The average molecular weight is 879 g/mol. The molecule has 23 nitrogen and oxygen atoms in total. The van der Waals surface area contributed by atoms with Crippen molar-refractivity contribution in [1.82, 2.24) is 20.9 Å². The van der Waals surface area contributed by atoms with Crippen molar-refractivity contribution in [3.63, 3.8) is 0 Å². The molecule has 0 spiro atoms. The van der Waals surface area contributed by atoms with Crippen LogP contribution in [0.3, 0.4) is 0 Å². The number of hydrogen-bond acceptors (Lipinski definition) is 14. The van der Waals surface area contributed by atoms with Gasteiger partial charge in [-0.25, -0.2) is 16.6 Å². The number of aromatic amines is 1. The molecule has 0 radical (unpaired) electrons. The molecule has 0 aliphatic carbocycles. The van der Waals surface area contributed by atoms with Gasteiger partial charge in [-0.05, 0) is 49.0 Å². The molecule has 0 saturated heterocycles. The van der Waals surface area contributed by atoms with E-state index in [9.17, 15) is 28.8 Å². The van der Waals surface area contributed by atoms with Gasteiger partial charge < -0.3 is 54.3 Å². The number of primary amides is 1. The Hall–Kier alpha value is -6.95. The number of aliphatic imine (C=N–C) groups is 2. The van der Waals surface area contributed by atoms with Gasteiger partial charge in [0.05, 0.1) is 25.1 Å². The lowest BCUT2D eigenvalue weighted by Crippen LogP contribution is -2.52. The molecule has 1 aliphatic rings. The first kappa shape index (κ1) is 50.4. The van der Waals surface area contributed by atoms with Crippen LogP contribution in [-0.4, -0.2) is 110 Å². The van der Waals surface area contributed by atoms with Gasteiger partial charge in [-0.3, -0.25) is 48.6 Å². The van der Waals surface area contributed by atoms with Crippen molar-refractivity contribution in [3.05, 3.63) is 70.9 Å². The van der Waals surface area contributed by atoms with Crippen LogP contribution >= 0.6 is 0 Å². The lowest BCUT2D eigenvalue weighted by molar-refractivity contribution is -0.145. The van der Waals surface area contributed by atoms with E-state index in [1.807, 2.05) is 48.5 Å². The number of H-pyrrole nitrogens is 1. The van der Waals surface area contributed by atoms with Crippen molar-refractivity contribution in [2.45, 2.75) is 63.1 Å². The molecule has 18 N–H and O–H groups in total. The van der Waals surface area contributed by atoms with E-state index in [-0.39, 0.29) is 49.9 Å². The predicted octanol–water partition coefficient (Wildman–Crippen LogP) is -3.85. The molecule has 2 unspecified atom stereocenters. The number of benzene rings is 2. The second-order valence-corrected chi connectivity index (χ2v) is 14.3. The molecule has 1 aromatic heterocycles. The summed E-state index contributed by atoms with van der Waals surface area (Å²) in [6.07, 6.45) is 3.61. The zero-order chi connectivity index (χ0) is 46.3. The number of methoxy groups -OCH3 is 1. The zero-order valence-corrected chi connectivity index (χ0v) is 35.0. The maximum atomic E-state index is 13.0. The number of guanidine groups is 2. The molecule has 3 aromatic rings. The van der Waals surface area contributed by atoms with Gasteiger partial charge in [-0.15, -0.1) is 0 Å². The average Bonchev–Trinajstić information content (AvgIpc) is 3.86. The minimum atomic E-state index is -0.973. The minimum Gasteiger partial charge on any atom is -0.467 e. The van der Waals surface area contributed by atoms with E-state index in [2.05, 4.69) is 45.6 Å². The number of fused-ring (bicyclic) bond motifs is 2.